The second kappa shape index (κ2) is 5.74. The molecule has 1 N–H and O–H groups in total. The van der Waals surface area contributed by atoms with Gasteiger partial charge >= 0.3 is 0 Å². The zero-order valence-electron chi connectivity index (χ0n) is 13.9. The highest BCUT2D eigenvalue weighted by molar-refractivity contribution is 5.74. The highest BCUT2D eigenvalue weighted by Gasteiger charge is 2.30. The molecule has 3 aliphatic rings. The van der Waals surface area contributed by atoms with Crippen molar-refractivity contribution in [3.8, 4) is 11.3 Å². The first-order chi connectivity index (χ1) is 11.8. The predicted molar refractivity (Wildman–Crippen MR) is 96.2 cm³/mol. The molecular formula is C19H23N5. The number of nitrogens with zero attached hydrogens (tertiary/aromatic N) is 4. The monoisotopic (exact) mass is 321 g/mol. The summed E-state index contributed by atoms with van der Waals surface area (Å²) in [6.07, 6.45) is 5.76. The minimum atomic E-state index is 0.559. The van der Waals surface area contributed by atoms with Crippen LogP contribution in [0, 0.1) is 0 Å². The Balaban J connectivity index is 1.43. The molecule has 5 heteroatoms. The Morgan fingerprint density at radius 3 is 2.96 bits per heavy atom. The van der Waals surface area contributed by atoms with Crippen LogP contribution in [-0.2, 0) is 6.54 Å². The number of nitrogens with one attached hydrogen (secondary N) is 1. The summed E-state index contributed by atoms with van der Waals surface area (Å²) in [5, 5.41) is 3.60. The van der Waals surface area contributed by atoms with Crippen molar-refractivity contribution in [2.45, 2.75) is 31.8 Å². The first-order valence-electron chi connectivity index (χ1n) is 9.05. The average molecular weight is 321 g/mol. The summed E-state index contributed by atoms with van der Waals surface area (Å²) in [4.78, 5) is 14.4. The molecule has 0 unspecified atom stereocenters. The fraction of sp³-hybridized carbons (Fsp3) is 0.474. The number of aromatic nitrogens is 2. The number of rotatable bonds is 3. The molecule has 2 aromatic heterocycles. The molecule has 0 spiro atoms. The lowest BCUT2D eigenvalue weighted by molar-refractivity contribution is 0.327. The van der Waals surface area contributed by atoms with Gasteiger partial charge in [-0.1, -0.05) is 0 Å². The number of hydrogen-bond acceptors (Lipinski definition) is 5. The SMILES string of the molecule is c1cc(-c2ccc3c(n2)N[C@H]2CCN3C2)cc(CN2CCCC2)n1. The summed E-state index contributed by atoms with van der Waals surface area (Å²) < 4.78 is 0. The van der Waals surface area contributed by atoms with Crippen molar-refractivity contribution in [2.75, 3.05) is 36.4 Å². The van der Waals surface area contributed by atoms with E-state index < -0.39 is 0 Å². The summed E-state index contributed by atoms with van der Waals surface area (Å²) in [6.45, 7) is 5.60. The summed E-state index contributed by atoms with van der Waals surface area (Å²) in [7, 11) is 0. The maximum Gasteiger partial charge on any atom is 0.150 e. The van der Waals surface area contributed by atoms with Gasteiger partial charge in [0.2, 0.25) is 0 Å². The van der Waals surface area contributed by atoms with Gasteiger partial charge in [-0.25, -0.2) is 4.98 Å². The van der Waals surface area contributed by atoms with E-state index in [0.29, 0.717) is 6.04 Å². The Bertz CT molecular complexity index is 753. The van der Waals surface area contributed by atoms with Gasteiger partial charge < -0.3 is 10.2 Å². The molecule has 5 heterocycles. The predicted octanol–water partition coefficient (Wildman–Crippen LogP) is 2.74. The molecule has 5 rings (SSSR count). The Morgan fingerprint density at radius 1 is 1.12 bits per heavy atom. The van der Waals surface area contributed by atoms with Gasteiger partial charge in [0.05, 0.1) is 17.1 Å². The molecule has 2 bridgehead atoms. The zero-order chi connectivity index (χ0) is 15.9. The van der Waals surface area contributed by atoms with Crippen LogP contribution in [0.15, 0.2) is 30.5 Å². The van der Waals surface area contributed by atoms with Crippen LogP contribution in [0.1, 0.15) is 25.0 Å². The van der Waals surface area contributed by atoms with E-state index in [1.807, 2.05) is 6.20 Å². The third-order valence-corrected chi connectivity index (χ3v) is 5.44. The van der Waals surface area contributed by atoms with Crippen molar-refractivity contribution < 1.29 is 0 Å². The fourth-order valence-corrected chi connectivity index (χ4v) is 4.16. The molecule has 0 amide bonds. The van der Waals surface area contributed by atoms with Crippen molar-refractivity contribution in [2.24, 2.45) is 0 Å². The number of hydrogen-bond donors (Lipinski definition) is 1. The number of pyridine rings is 2. The van der Waals surface area contributed by atoms with E-state index in [2.05, 4.69) is 44.4 Å². The van der Waals surface area contributed by atoms with Crippen LogP contribution in [0.4, 0.5) is 11.5 Å². The van der Waals surface area contributed by atoms with E-state index in [1.54, 1.807) is 0 Å². The Morgan fingerprint density at radius 2 is 2.04 bits per heavy atom. The molecule has 3 aliphatic heterocycles. The van der Waals surface area contributed by atoms with E-state index in [-0.39, 0.29) is 0 Å². The van der Waals surface area contributed by atoms with Crippen LogP contribution in [0.3, 0.4) is 0 Å². The molecule has 0 aliphatic carbocycles. The molecule has 5 nitrogen and oxygen atoms in total. The Kier molecular flexibility index (Phi) is 3.40. The van der Waals surface area contributed by atoms with Crippen LogP contribution < -0.4 is 10.2 Å². The van der Waals surface area contributed by atoms with Gasteiger partial charge in [0.15, 0.2) is 5.82 Å². The molecule has 124 valence electrons. The van der Waals surface area contributed by atoms with Crippen LogP contribution in [0.2, 0.25) is 0 Å². The van der Waals surface area contributed by atoms with E-state index in [0.717, 1.165) is 42.4 Å². The van der Waals surface area contributed by atoms with Gasteiger partial charge in [-0.05, 0) is 56.6 Å². The quantitative estimate of drug-likeness (QED) is 0.942. The first-order valence-corrected chi connectivity index (χ1v) is 9.05. The van der Waals surface area contributed by atoms with Gasteiger partial charge in [0, 0.05) is 37.4 Å². The van der Waals surface area contributed by atoms with E-state index in [9.17, 15) is 0 Å². The molecule has 24 heavy (non-hydrogen) atoms. The minimum absolute atomic E-state index is 0.559. The summed E-state index contributed by atoms with van der Waals surface area (Å²) >= 11 is 0. The molecule has 2 aromatic rings. The lowest BCUT2D eigenvalue weighted by Crippen LogP contribution is -2.32. The third kappa shape index (κ3) is 2.53. The lowest BCUT2D eigenvalue weighted by atomic mass is 10.1. The molecule has 2 saturated heterocycles. The standard InChI is InChI=1S/C19H23N5/c1-2-9-23(8-1)12-16-11-14(5-7-20-16)17-3-4-18-19(22-17)21-15-6-10-24(18)13-15/h3-5,7,11,15H,1-2,6,8-10,12-13H2,(H,21,22)/t15-/m0/s1. The zero-order valence-corrected chi connectivity index (χ0v) is 13.9. The summed E-state index contributed by atoms with van der Waals surface area (Å²) in [5.74, 6) is 1.04. The second-order valence-electron chi connectivity index (χ2n) is 7.16. The van der Waals surface area contributed by atoms with Gasteiger partial charge in [0.1, 0.15) is 0 Å². The molecule has 0 radical (unpaired) electrons. The lowest BCUT2D eigenvalue weighted by Gasteiger charge is -2.28. The normalized spacial score (nSPS) is 22.5. The average Bonchev–Trinajstić information content (AvgIpc) is 3.25. The van der Waals surface area contributed by atoms with Crippen molar-refractivity contribution >= 4 is 11.5 Å². The molecular weight excluding hydrogens is 298 g/mol. The van der Waals surface area contributed by atoms with Gasteiger partial charge in [0.25, 0.3) is 0 Å². The number of fused-ring (bicyclic) bond motifs is 4. The van der Waals surface area contributed by atoms with E-state index >= 15 is 0 Å². The maximum atomic E-state index is 4.90. The topological polar surface area (TPSA) is 44.3 Å². The van der Waals surface area contributed by atoms with E-state index in [1.165, 1.54) is 38.0 Å². The van der Waals surface area contributed by atoms with Crippen molar-refractivity contribution in [1.82, 2.24) is 14.9 Å². The van der Waals surface area contributed by atoms with Gasteiger partial charge in [-0.15, -0.1) is 0 Å². The van der Waals surface area contributed by atoms with E-state index in [4.69, 9.17) is 4.98 Å². The Hall–Kier alpha value is -2.14. The maximum absolute atomic E-state index is 4.90. The smallest absolute Gasteiger partial charge is 0.150 e. The van der Waals surface area contributed by atoms with Gasteiger partial charge in [-0.2, -0.15) is 0 Å². The van der Waals surface area contributed by atoms with Crippen LogP contribution in [0.5, 0.6) is 0 Å². The Labute approximate surface area is 142 Å². The largest absolute Gasteiger partial charge is 0.366 e. The van der Waals surface area contributed by atoms with Crippen molar-refractivity contribution in [1.29, 1.82) is 0 Å². The molecule has 1 atom stereocenters. The molecule has 2 fully saturated rings. The van der Waals surface area contributed by atoms with Crippen LogP contribution in [-0.4, -0.2) is 47.1 Å². The highest BCUT2D eigenvalue weighted by atomic mass is 15.3. The van der Waals surface area contributed by atoms with Gasteiger partial charge in [-0.3, -0.25) is 9.88 Å². The fourth-order valence-electron chi connectivity index (χ4n) is 4.16. The molecule has 0 saturated carbocycles. The van der Waals surface area contributed by atoms with Crippen molar-refractivity contribution in [3.63, 3.8) is 0 Å². The van der Waals surface area contributed by atoms with Crippen LogP contribution >= 0.6 is 0 Å². The number of likely N-dealkylation sites (tertiary alicyclic amines) is 1. The third-order valence-electron chi connectivity index (χ3n) is 5.44. The highest BCUT2D eigenvalue weighted by Crippen LogP contribution is 2.35. The van der Waals surface area contributed by atoms with Crippen molar-refractivity contribution in [3.05, 3.63) is 36.2 Å². The second-order valence-corrected chi connectivity index (χ2v) is 7.16. The minimum Gasteiger partial charge on any atom is -0.366 e. The summed E-state index contributed by atoms with van der Waals surface area (Å²) in [6, 6.07) is 9.19. The summed E-state index contributed by atoms with van der Waals surface area (Å²) in [5.41, 5.74) is 4.59. The molecule has 0 aromatic carbocycles. The van der Waals surface area contributed by atoms with Crippen LogP contribution in [0.25, 0.3) is 11.3 Å². The first kappa shape index (κ1) is 14.2. The number of anilines is 2.